The SMILES string of the molecule is CCc1nc2ccc(C(=O)NCCN(C)C)cn2c1C. The Hall–Kier alpha value is -1.88. The number of aryl methyl sites for hydroxylation is 2. The molecule has 2 rings (SSSR count). The summed E-state index contributed by atoms with van der Waals surface area (Å²) in [7, 11) is 3.97. The lowest BCUT2D eigenvalue weighted by Gasteiger charge is -2.10. The Bertz CT molecular complexity index is 616. The number of amides is 1. The summed E-state index contributed by atoms with van der Waals surface area (Å²) >= 11 is 0. The van der Waals surface area contributed by atoms with Gasteiger partial charge >= 0.3 is 0 Å². The van der Waals surface area contributed by atoms with Gasteiger partial charge in [-0.25, -0.2) is 4.98 Å². The van der Waals surface area contributed by atoms with Crippen molar-refractivity contribution < 1.29 is 4.79 Å². The van der Waals surface area contributed by atoms with E-state index in [4.69, 9.17) is 0 Å². The average Bonchev–Trinajstić information content (AvgIpc) is 2.74. The van der Waals surface area contributed by atoms with Crippen LogP contribution in [0, 0.1) is 6.92 Å². The van der Waals surface area contributed by atoms with E-state index in [-0.39, 0.29) is 5.91 Å². The average molecular weight is 274 g/mol. The summed E-state index contributed by atoms with van der Waals surface area (Å²) in [6, 6.07) is 3.72. The first-order valence-corrected chi connectivity index (χ1v) is 6.93. The predicted molar refractivity (Wildman–Crippen MR) is 80.2 cm³/mol. The molecule has 5 heteroatoms. The second kappa shape index (κ2) is 6.05. The summed E-state index contributed by atoms with van der Waals surface area (Å²) in [5.41, 5.74) is 3.74. The van der Waals surface area contributed by atoms with Crippen LogP contribution >= 0.6 is 0 Å². The third-order valence-electron chi connectivity index (χ3n) is 3.40. The molecule has 1 amide bonds. The highest BCUT2D eigenvalue weighted by molar-refractivity contribution is 5.94. The lowest BCUT2D eigenvalue weighted by molar-refractivity contribution is 0.0950. The molecule has 0 unspecified atom stereocenters. The maximum absolute atomic E-state index is 12.1. The Labute approximate surface area is 119 Å². The topological polar surface area (TPSA) is 49.6 Å². The summed E-state index contributed by atoms with van der Waals surface area (Å²) < 4.78 is 1.99. The molecule has 0 aliphatic carbocycles. The van der Waals surface area contributed by atoms with E-state index < -0.39 is 0 Å². The molecule has 0 radical (unpaired) electrons. The number of likely N-dealkylation sites (N-methyl/N-ethyl adjacent to an activating group) is 1. The summed E-state index contributed by atoms with van der Waals surface area (Å²) in [4.78, 5) is 18.7. The van der Waals surface area contributed by atoms with Crippen LogP contribution in [-0.4, -0.2) is 47.4 Å². The fourth-order valence-corrected chi connectivity index (χ4v) is 2.18. The Kier molecular flexibility index (Phi) is 4.39. The molecule has 2 aromatic rings. The van der Waals surface area contributed by atoms with Crippen molar-refractivity contribution >= 4 is 11.6 Å². The zero-order chi connectivity index (χ0) is 14.7. The largest absolute Gasteiger partial charge is 0.351 e. The number of imidazole rings is 1. The van der Waals surface area contributed by atoms with Gasteiger partial charge in [0.15, 0.2) is 0 Å². The molecule has 108 valence electrons. The summed E-state index contributed by atoms with van der Waals surface area (Å²) in [5, 5.41) is 2.92. The minimum Gasteiger partial charge on any atom is -0.351 e. The van der Waals surface area contributed by atoms with Crippen molar-refractivity contribution in [2.75, 3.05) is 27.2 Å². The Morgan fingerprint density at radius 2 is 2.15 bits per heavy atom. The fourth-order valence-electron chi connectivity index (χ4n) is 2.18. The zero-order valence-corrected chi connectivity index (χ0v) is 12.6. The number of hydrogen-bond donors (Lipinski definition) is 1. The van der Waals surface area contributed by atoms with Gasteiger partial charge in [-0.15, -0.1) is 0 Å². The molecule has 2 aromatic heterocycles. The van der Waals surface area contributed by atoms with E-state index in [0.29, 0.717) is 12.1 Å². The Morgan fingerprint density at radius 3 is 2.80 bits per heavy atom. The molecular weight excluding hydrogens is 252 g/mol. The molecule has 0 saturated heterocycles. The van der Waals surface area contributed by atoms with Gasteiger partial charge in [0.05, 0.1) is 11.3 Å². The molecule has 0 aliphatic heterocycles. The number of carbonyl (C=O) groups excluding carboxylic acids is 1. The first-order valence-electron chi connectivity index (χ1n) is 6.93. The van der Waals surface area contributed by atoms with Gasteiger partial charge in [-0.2, -0.15) is 0 Å². The molecule has 0 aromatic carbocycles. The van der Waals surface area contributed by atoms with Crippen molar-refractivity contribution in [3.8, 4) is 0 Å². The smallest absolute Gasteiger partial charge is 0.252 e. The van der Waals surface area contributed by atoms with Gasteiger partial charge < -0.3 is 14.6 Å². The zero-order valence-electron chi connectivity index (χ0n) is 12.6. The monoisotopic (exact) mass is 274 g/mol. The quantitative estimate of drug-likeness (QED) is 0.899. The highest BCUT2D eigenvalue weighted by Crippen LogP contribution is 2.13. The molecular formula is C15H22N4O. The van der Waals surface area contributed by atoms with Crippen molar-refractivity contribution in [1.29, 1.82) is 0 Å². The molecule has 0 saturated carbocycles. The van der Waals surface area contributed by atoms with Crippen LogP contribution in [0.1, 0.15) is 28.7 Å². The lowest BCUT2D eigenvalue weighted by atomic mass is 10.2. The van der Waals surface area contributed by atoms with Crippen molar-refractivity contribution in [1.82, 2.24) is 19.6 Å². The van der Waals surface area contributed by atoms with Gasteiger partial charge in [0, 0.05) is 25.0 Å². The van der Waals surface area contributed by atoms with E-state index in [1.807, 2.05) is 48.6 Å². The number of nitrogens with zero attached hydrogens (tertiary/aromatic N) is 3. The first kappa shape index (κ1) is 14.5. The first-order chi connectivity index (χ1) is 9.52. The van der Waals surface area contributed by atoms with Crippen LogP contribution in [0.25, 0.3) is 5.65 Å². The minimum absolute atomic E-state index is 0.0418. The maximum atomic E-state index is 12.1. The third kappa shape index (κ3) is 2.99. The van der Waals surface area contributed by atoms with Crippen LogP contribution in [0.2, 0.25) is 0 Å². The fraction of sp³-hybridized carbons (Fsp3) is 0.467. The number of hydrogen-bond acceptors (Lipinski definition) is 3. The number of rotatable bonds is 5. The predicted octanol–water partition coefficient (Wildman–Crippen LogP) is 1.50. The van der Waals surface area contributed by atoms with E-state index >= 15 is 0 Å². The van der Waals surface area contributed by atoms with E-state index in [1.165, 1.54) is 0 Å². The molecule has 20 heavy (non-hydrogen) atoms. The van der Waals surface area contributed by atoms with Gasteiger partial charge in [-0.3, -0.25) is 4.79 Å². The highest BCUT2D eigenvalue weighted by Gasteiger charge is 2.10. The van der Waals surface area contributed by atoms with E-state index in [9.17, 15) is 4.79 Å². The molecule has 0 spiro atoms. The number of carbonyl (C=O) groups is 1. The second-order valence-corrected chi connectivity index (χ2v) is 5.20. The van der Waals surface area contributed by atoms with Crippen molar-refractivity contribution in [2.24, 2.45) is 0 Å². The number of fused-ring (bicyclic) bond motifs is 1. The summed E-state index contributed by atoms with van der Waals surface area (Å²) in [6.07, 6.45) is 2.76. The van der Waals surface area contributed by atoms with Gasteiger partial charge in [-0.05, 0) is 39.6 Å². The molecule has 2 heterocycles. The van der Waals surface area contributed by atoms with Gasteiger partial charge in [-0.1, -0.05) is 6.92 Å². The van der Waals surface area contributed by atoms with E-state index in [0.717, 1.165) is 30.0 Å². The Morgan fingerprint density at radius 1 is 1.40 bits per heavy atom. The van der Waals surface area contributed by atoms with E-state index in [1.54, 1.807) is 0 Å². The lowest BCUT2D eigenvalue weighted by Crippen LogP contribution is -2.31. The maximum Gasteiger partial charge on any atom is 0.252 e. The van der Waals surface area contributed by atoms with E-state index in [2.05, 4.69) is 17.2 Å². The molecule has 1 N–H and O–H groups in total. The van der Waals surface area contributed by atoms with Gasteiger partial charge in [0.25, 0.3) is 5.91 Å². The normalized spacial score (nSPS) is 11.2. The molecule has 0 fully saturated rings. The summed E-state index contributed by atoms with van der Waals surface area (Å²) in [5.74, 6) is -0.0418. The molecule has 0 atom stereocenters. The number of nitrogens with one attached hydrogen (secondary N) is 1. The van der Waals surface area contributed by atoms with Crippen molar-refractivity contribution in [3.63, 3.8) is 0 Å². The third-order valence-corrected chi connectivity index (χ3v) is 3.40. The van der Waals surface area contributed by atoms with Crippen molar-refractivity contribution in [3.05, 3.63) is 35.3 Å². The van der Waals surface area contributed by atoms with Crippen molar-refractivity contribution in [2.45, 2.75) is 20.3 Å². The number of pyridine rings is 1. The Balaban J connectivity index is 2.18. The van der Waals surface area contributed by atoms with Crippen LogP contribution < -0.4 is 5.32 Å². The van der Waals surface area contributed by atoms with Crippen LogP contribution in [0.5, 0.6) is 0 Å². The molecule has 0 aliphatic rings. The highest BCUT2D eigenvalue weighted by atomic mass is 16.1. The van der Waals surface area contributed by atoms with Gasteiger partial charge in [0.2, 0.25) is 0 Å². The number of aromatic nitrogens is 2. The van der Waals surface area contributed by atoms with Crippen LogP contribution in [0.3, 0.4) is 0 Å². The van der Waals surface area contributed by atoms with Crippen LogP contribution in [-0.2, 0) is 6.42 Å². The van der Waals surface area contributed by atoms with Crippen LogP contribution in [0.15, 0.2) is 18.3 Å². The summed E-state index contributed by atoms with van der Waals surface area (Å²) in [6.45, 7) is 5.60. The van der Waals surface area contributed by atoms with Crippen LogP contribution in [0.4, 0.5) is 0 Å². The van der Waals surface area contributed by atoms with Gasteiger partial charge in [0.1, 0.15) is 5.65 Å². The molecule has 5 nitrogen and oxygen atoms in total. The minimum atomic E-state index is -0.0418. The standard InChI is InChI=1S/C15H22N4O/c1-5-13-11(2)19-10-12(6-7-14(19)17-13)15(20)16-8-9-18(3)4/h6-7,10H,5,8-9H2,1-4H3,(H,16,20). The molecule has 0 bridgehead atoms. The second-order valence-electron chi connectivity index (χ2n) is 5.20.